The third-order valence-electron chi connectivity index (χ3n) is 2.31. The molecule has 19 heavy (non-hydrogen) atoms. The Morgan fingerprint density at radius 3 is 2.47 bits per heavy atom. The van der Waals surface area contributed by atoms with Crippen molar-refractivity contribution in [1.82, 2.24) is 0 Å². The van der Waals surface area contributed by atoms with Crippen LogP contribution in [0.15, 0.2) is 18.2 Å². The average molecular weight is 280 g/mol. The first kappa shape index (κ1) is 15.1. The van der Waals surface area contributed by atoms with E-state index in [0.29, 0.717) is 5.75 Å². The van der Waals surface area contributed by atoms with E-state index in [1.54, 1.807) is 6.07 Å². The molecular weight excluding hydrogens is 264 g/mol. The lowest BCUT2D eigenvalue weighted by atomic mass is 10.1. The standard InChI is InChI=1S/C12H16N2O4Si/c1-17-10-7-5-6-9(14(15)16)12(10)11(8-13)18-19(2,3)4/h5-7,11H,1-4H3. The molecule has 0 fully saturated rings. The monoisotopic (exact) mass is 280 g/mol. The number of nitro benzene ring substituents is 1. The molecular formula is C12H16N2O4Si. The van der Waals surface area contributed by atoms with E-state index in [4.69, 9.17) is 9.16 Å². The molecule has 1 unspecified atom stereocenters. The minimum atomic E-state index is -2.02. The molecule has 1 rings (SSSR count). The lowest BCUT2D eigenvalue weighted by Gasteiger charge is -2.22. The van der Waals surface area contributed by atoms with Crippen LogP contribution < -0.4 is 4.74 Å². The normalized spacial score (nSPS) is 12.6. The number of nitriles is 1. The highest BCUT2D eigenvalue weighted by molar-refractivity contribution is 6.69. The molecule has 0 spiro atoms. The van der Waals surface area contributed by atoms with Gasteiger partial charge >= 0.3 is 0 Å². The molecule has 0 heterocycles. The number of rotatable bonds is 5. The molecule has 0 saturated heterocycles. The third kappa shape index (κ3) is 3.77. The summed E-state index contributed by atoms with van der Waals surface area (Å²) in [5.41, 5.74) is 0.0177. The van der Waals surface area contributed by atoms with Crippen LogP contribution in [0.2, 0.25) is 19.6 Å². The Labute approximate surface area is 112 Å². The van der Waals surface area contributed by atoms with Gasteiger partial charge in [-0.15, -0.1) is 0 Å². The predicted molar refractivity (Wildman–Crippen MR) is 72.4 cm³/mol. The van der Waals surface area contributed by atoms with Crippen molar-refractivity contribution in [3.8, 4) is 11.8 Å². The molecule has 7 heteroatoms. The molecule has 1 aromatic carbocycles. The maximum absolute atomic E-state index is 11.1. The van der Waals surface area contributed by atoms with Crippen molar-refractivity contribution in [2.75, 3.05) is 7.11 Å². The van der Waals surface area contributed by atoms with E-state index in [-0.39, 0.29) is 11.3 Å². The lowest BCUT2D eigenvalue weighted by Crippen LogP contribution is -2.28. The predicted octanol–water partition coefficient (Wildman–Crippen LogP) is 3.02. The SMILES string of the molecule is COc1cccc([N+](=O)[O-])c1C(C#N)O[Si](C)(C)C. The Bertz CT molecular complexity index is 519. The first-order chi connectivity index (χ1) is 8.80. The van der Waals surface area contributed by atoms with E-state index in [1.807, 2.05) is 25.7 Å². The van der Waals surface area contributed by atoms with Crippen LogP contribution in [-0.4, -0.2) is 20.4 Å². The molecule has 0 saturated carbocycles. The molecule has 1 aromatic rings. The molecule has 0 radical (unpaired) electrons. The second-order valence-electron chi connectivity index (χ2n) is 4.89. The summed E-state index contributed by atoms with van der Waals surface area (Å²) in [6.45, 7) is 5.75. The first-order valence-corrected chi connectivity index (χ1v) is 9.09. The van der Waals surface area contributed by atoms with Crippen molar-refractivity contribution in [1.29, 1.82) is 5.26 Å². The number of nitro groups is 1. The topological polar surface area (TPSA) is 85.4 Å². The molecule has 0 aliphatic carbocycles. The molecule has 0 bridgehead atoms. The highest BCUT2D eigenvalue weighted by Gasteiger charge is 2.30. The van der Waals surface area contributed by atoms with Gasteiger partial charge in [0, 0.05) is 6.07 Å². The fourth-order valence-corrected chi connectivity index (χ4v) is 2.51. The van der Waals surface area contributed by atoms with Gasteiger partial charge in [-0.05, 0) is 25.7 Å². The average Bonchev–Trinajstić information content (AvgIpc) is 2.33. The van der Waals surface area contributed by atoms with Gasteiger partial charge in [-0.25, -0.2) is 0 Å². The number of hydrogen-bond donors (Lipinski definition) is 0. The van der Waals surface area contributed by atoms with E-state index in [9.17, 15) is 15.4 Å². The van der Waals surface area contributed by atoms with Gasteiger partial charge in [0.1, 0.15) is 11.3 Å². The summed E-state index contributed by atoms with van der Waals surface area (Å²) in [7, 11) is -0.610. The number of methoxy groups -OCH3 is 1. The van der Waals surface area contributed by atoms with Crippen molar-refractivity contribution in [3.63, 3.8) is 0 Å². The van der Waals surface area contributed by atoms with E-state index in [2.05, 4.69) is 0 Å². The van der Waals surface area contributed by atoms with Gasteiger partial charge < -0.3 is 9.16 Å². The summed E-state index contributed by atoms with van der Waals surface area (Å²) in [4.78, 5) is 10.5. The van der Waals surface area contributed by atoms with Gasteiger partial charge in [0.15, 0.2) is 14.4 Å². The van der Waals surface area contributed by atoms with Crippen LogP contribution >= 0.6 is 0 Å². The second-order valence-corrected chi connectivity index (χ2v) is 9.35. The highest BCUT2D eigenvalue weighted by atomic mass is 28.4. The zero-order valence-corrected chi connectivity index (χ0v) is 12.3. The number of benzene rings is 1. The summed E-state index contributed by atoms with van der Waals surface area (Å²) in [5, 5.41) is 20.3. The van der Waals surface area contributed by atoms with Gasteiger partial charge in [-0.3, -0.25) is 10.1 Å². The van der Waals surface area contributed by atoms with Crippen LogP contribution in [0, 0.1) is 21.4 Å². The van der Waals surface area contributed by atoms with Gasteiger partial charge in [0.2, 0.25) is 0 Å². The van der Waals surface area contributed by atoms with Crippen LogP contribution in [0.1, 0.15) is 11.7 Å². The maximum Gasteiger partial charge on any atom is 0.280 e. The smallest absolute Gasteiger partial charge is 0.280 e. The summed E-state index contributed by atoms with van der Waals surface area (Å²) >= 11 is 0. The Morgan fingerprint density at radius 2 is 2.05 bits per heavy atom. The van der Waals surface area contributed by atoms with Crippen LogP contribution in [0.25, 0.3) is 0 Å². The van der Waals surface area contributed by atoms with Gasteiger partial charge in [-0.2, -0.15) is 5.26 Å². The summed E-state index contributed by atoms with van der Waals surface area (Å²) in [5.74, 6) is 0.291. The van der Waals surface area contributed by atoms with E-state index >= 15 is 0 Å². The second kappa shape index (κ2) is 5.82. The van der Waals surface area contributed by atoms with Crippen LogP contribution in [-0.2, 0) is 4.43 Å². The molecule has 0 aliphatic heterocycles. The lowest BCUT2D eigenvalue weighted by molar-refractivity contribution is -0.386. The van der Waals surface area contributed by atoms with E-state index in [0.717, 1.165) is 0 Å². The highest BCUT2D eigenvalue weighted by Crippen LogP contribution is 2.36. The minimum absolute atomic E-state index is 0.163. The fraction of sp³-hybridized carbons (Fsp3) is 0.417. The number of nitrogens with zero attached hydrogens (tertiary/aromatic N) is 2. The Kier molecular flexibility index (Phi) is 4.64. The third-order valence-corrected chi connectivity index (χ3v) is 3.25. The molecule has 0 amide bonds. The Balaban J connectivity index is 3.37. The zero-order valence-electron chi connectivity index (χ0n) is 11.3. The van der Waals surface area contributed by atoms with Gasteiger partial charge in [0.05, 0.1) is 18.1 Å². The molecule has 6 nitrogen and oxygen atoms in total. The minimum Gasteiger partial charge on any atom is -0.496 e. The molecule has 0 N–H and O–H groups in total. The maximum atomic E-state index is 11.1. The Morgan fingerprint density at radius 1 is 1.42 bits per heavy atom. The molecule has 102 valence electrons. The van der Waals surface area contributed by atoms with Crippen molar-refractivity contribution in [3.05, 3.63) is 33.9 Å². The summed E-state index contributed by atoms with van der Waals surface area (Å²) < 4.78 is 10.8. The van der Waals surface area contributed by atoms with E-state index < -0.39 is 19.3 Å². The number of hydrogen-bond acceptors (Lipinski definition) is 5. The largest absolute Gasteiger partial charge is 0.496 e. The van der Waals surface area contributed by atoms with Crippen molar-refractivity contribution in [2.45, 2.75) is 25.7 Å². The Hall–Kier alpha value is -1.91. The molecule has 1 atom stereocenters. The summed E-state index contributed by atoms with van der Waals surface area (Å²) in [6.07, 6.45) is -0.997. The molecule has 0 aromatic heterocycles. The van der Waals surface area contributed by atoms with Gasteiger partial charge in [-0.1, -0.05) is 6.07 Å². The first-order valence-electron chi connectivity index (χ1n) is 5.69. The quantitative estimate of drug-likeness (QED) is 0.470. The number of ether oxygens (including phenoxy) is 1. The fourth-order valence-electron chi connectivity index (χ4n) is 1.64. The van der Waals surface area contributed by atoms with Crippen LogP contribution in [0.4, 0.5) is 5.69 Å². The van der Waals surface area contributed by atoms with Gasteiger partial charge in [0.25, 0.3) is 5.69 Å². The van der Waals surface area contributed by atoms with Crippen LogP contribution in [0.5, 0.6) is 5.75 Å². The van der Waals surface area contributed by atoms with Crippen molar-refractivity contribution < 1.29 is 14.1 Å². The van der Waals surface area contributed by atoms with E-state index in [1.165, 1.54) is 19.2 Å². The summed E-state index contributed by atoms with van der Waals surface area (Å²) in [6, 6.07) is 6.42. The van der Waals surface area contributed by atoms with Crippen molar-refractivity contribution >= 4 is 14.0 Å². The van der Waals surface area contributed by atoms with Crippen LogP contribution in [0.3, 0.4) is 0 Å². The molecule has 0 aliphatic rings. The van der Waals surface area contributed by atoms with Crippen molar-refractivity contribution in [2.24, 2.45) is 0 Å². The zero-order chi connectivity index (χ0) is 14.6.